The van der Waals surface area contributed by atoms with Crippen molar-refractivity contribution < 1.29 is 9.53 Å². The van der Waals surface area contributed by atoms with Gasteiger partial charge in [0.1, 0.15) is 5.75 Å². The average Bonchev–Trinajstić information content (AvgIpc) is 2.31. The van der Waals surface area contributed by atoms with Gasteiger partial charge in [-0.2, -0.15) is 0 Å². The van der Waals surface area contributed by atoms with Gasteiger partial charge in [-0.15, -0.1) is 0 Å². The monoisotopic (exact) mass is 255 g/mol. The zero-order valence-electron chi connectivity index (χ0n) is 10.4. The third-order valence-corrected chi connectivity index (χ3v) is 2.82. The molecular weight excluding hydrogens is 238 g/mol. The lowest BCUT2D eigenvalue weighted by molar-refractivity contribution is -0.127. The van der Waals surface area contributed by atoms with Crippen molar-refractivity contribution in [2.24, 2.45) is 0 Å². The van der Waals surface area contributed by atoms with Crippen LogP contribution < -0.4 is 10.1 Å². The van der Waals surface area contributed by atoms with Crippen LogP contribution in [0.1, 0.15) is 27.2 Å². The molecule has 0 aliphatic carbocycles. The van der Waals surface area contributed by atoms with E-state index in [0.29, 0.717) is 10.8 Å². The Hall–Kier alpha value is -1.22. The second kappa shape index (κ2) is 6.50. The molecule has 0 saturated carbocycles. The number of ether oxygens (including phenoxy) is 1. The number of nitrogens with one attached hydrogen (secondary N) is 1. The fourth-order valence-corrected chi connectivity index (χ4v) is 1.43. The van der Waals surface area contributed by atoms with Gasteiger partial charge in [-0.1, -0.05) is 30.7 Å². The first-order valence-corrected chi connectivity index (χ1v) is 6.14. The highest BCUT2D eigenvalue weighted by Gasteiger charge is 2.16. The van der Waals surface area contributed by atoms with Crippen LogP contribution in [0.5, 0.6) is 5.75 Å². The number of benzene rings is 1. The molecule has 1 rings (SSSR count). The van der Waals surface area contributed by atoms with Gasteiger partial charge in [-0.05, 0) is 32.4 Å². The summed E-state index contributed by atoms with van der Waals surface area (Å²) in [6, 6.07) is 7.27. The summed E-state index contributed by atoms with van der Waals surface area (Å²) in [5, 5.41) is 3.37. The van der Waals surface area contributed by atoms with E-state index in [9.17, 15) is 4.79 Å². The predicted molar refractivity (Wildman–Crippen MR) is 69.4 cm³/mol. The van der Waals surface area contributed by atoms with Gasteiger partial charge in [0.25, 0.3) is 5.91 Å². The highest BCUT2D eigenvalue weighted by molar-refractivity contribution is 6.32. The molecule has 4 heteroatoms. The molecule has 1 aromatic rings. The molecular formula is C13H18ClNO2. The van der Waals surface area contributed by atoms with Crippen molar-refractivity contribution >= 4 is 17.5 Å². The molecule has 94 valence electrons. The Labute approximate surface area is 107 Å². The summed E-state index contributed by atoms with van der Waals surface area (Å²) in [4.78, 5) is 11.7. The van der Waals surface area contributed by atoms with Crippen LogP contribution in [0.4, 0.5) is 0 Å². The van der Waals surface area contributed by atoms with Crippen molar-refractivity contribution in [1.29, 1.82) is 0 Å². The van der Waals surface area contributed by atoms with Crippen molar-refractivity contribution in [3.63, 3.8) is 0 Å². The van der Waals surface area contributed by atoms with Crippen molar-refractivity contribution in [2.45, 2.75) is 39.3 Å². The van der Waals surface area contributed by atoms with E-state index in [1.165, 1.54) is 0 Å². The van der Waals surface area contributed by atoms with E-state index in [1.54, 1.807) is 19.1 Å². The van der Waals surface area contributed by atoms with Crippen molar-refractivity contribution in [2.75, 3.05) is 0 Å². The quantitative estimate of drug-likeness (QED) is 0.878. The van der Waals surface area contributed by atoms with Gasteiger partial charge in [0, 0.05) is 6.04 Å². The number of hydrogen-bond acceptors (Lipinski definition) is 2. The number of carbonyl (C=O) groups is 1. The molecule has 0 aliphatic heterocycles. The zero-order chi connectivity index (χ0) is 12.8. The fourth-order valence-electron chi connectivity index (χ4n) is 1.25. The lowest BCUT2D eigenvalue weighted by Crippen LogP contribution is -2.41. The minimum Gasteiger partial charge on any atom is -0.479 e. The lowest BCUT2D eigenvalue weighted by atomic mass is 10.2. The largest absolute Gasteiger partial charge is 0.479 e. The minimum atomic E-state index is -0.552. The molecule has 0 heterocycles. The molecule has 17 heavy (non-hydrogen) atoms. The topological polar surface area (TPSA) is 38.3 Å². The highest BCUT2D eigenvalue weighted by Crippen LogP contribution is 2.24. The molecule has 0 radical (unpaired) electrons. The summed E-state index contributed by atoms with van der Waals surface area (Å²) < 4.78 is 5.51. The third-order valence-electron chi connectivity index (χ3n) is 2.51. The standard InChI is InChI=1S/C13H18ClNO2/c1-4-9(2)15-13(16)10(3)17-12-8-6-5-7-11(12)14/h5-10H,4H2,1-3H3,(H,15,16). The Morgan fingerprint density at radius 1 is 1.41 bits per heavy atom. The summed E-state index contributed by atoms with van der Waals surface area (Å²) in [7, 11) is 0. The van der Waals surface area contributed by atoms with Crippen molar-refractivity contribution in [3.05, 3.63) is 29.3 Å². The molecule has 1 N–H and O–H groups in total. The van der Waals surface area contributed by atoms with Crippen LogP contribution in [0.25, 0.3) is 0 Å². The SMILES string of the molecule is CCC(C)NC(=O)C(C)Oc1ccccc1Cl. The van der Waals surface area contributed by atoms with E-state index in [4.69, 9.17) is 16.3 Å². The predicted octanol–water partition coefficient (Wildman–Crippen LogP) is 3.02. The van der Waals surface area contributed by atoms with Gasteiger partial charge >= 0.3 is 0 Å². The summed E-state index contributed by atoms with van der Waals surface area (Å²) in [6.07, 6.45) is 0.341. The van der Waals surface area contributed by atoms with Crippen LogP contribution in [0.15, 0.2) is 24.3 Å². The van der Waals surface area contributed by atoms with E-state index >= 15 is 0 Å². The number of halogens is 1. The molecule has 0 spiro atoms. The smallest absolute Gasteiger partial charge is 0.260 e. The summed E-state index contributed by atoms with van der Waals surface area (Å²) >= 11 is 5.95. The van der Waals surface area contributed by atoms with E-state index in [1.807, 2.05) is 26.0 Å². The summed E-state index contributed by atoms with van der Waals surface area (Å²) in [6.45, 7) is 5.69. The normalized spacial score (nSPS) is 13.9. The first kappa shape index (κ1) is 13.8. The minimum absolute atomic E-state index is 0.126. The summed E-state index contributed by atoms with van der Waals surface area (Å²) in [5.41, 5.74) is 0. The second-order valence-corrected chi connectivity index (χ2v) is 4.42. The fraction of sp³-hybridized carbons (Fsp3) is 0.462. The van der Waals surface area contributed by atoms with E-state index < -0.39 is 6.10 Å². The number of carbonyl (C=O) groups excluding carboxylic acids is 1. The maximum atomic E-state index is 11.7. The molecule has 0 aromatic heterocycles. The Bertz CT molecular complexity index is 381. The maximum Gasteiger partial charge on any atom is 0.260 e. The van der Waals surface area contributed by atoms with Gasteiger partial charge in [-0.25, -0.2) is 0 Å². The van der Waals surface area contributed by atoms with E-state index in [0.717, 1.165) is 6.42 Å². The molecule has 2 unspecified atom stereocenters. The van der Waals surface area contributed by atoms with Crippen LogP contribution >= 0.6 is 11.6 Å². The highest BCUT2D eigenvalue weighted by atomic mass is 35.5. The number of para-hydroxylation sites is 1. The molecule has 1 amide bonds. The van der Waals surface area contributed by atoms with E-state index in [-0.39, 0.29) is 11.9 Å². The number of hydrogen-bond donors (Lipinski definition) is 1. The van der Waals surface area contributed by atoms with Gasteiger partial charge in [0.05, 0.1) is 5.02 Å². The van der Waals surface area contributed by atoms with Crippen LogP contribution in [0.3, 0.4) is 0 Å². The first-order chi connectivity index (χ1) is 8.04. The molecule has 1 aromatic carbocycles. The first-order valence-electron chi connectivity index (χ1n) is 5.76. The number of rotatable bonds is 5. The second-order valence-electron chi connectivity index (χ2n) is 4.01. The molecule has 0 saturated heterocycles. The van der Waals surface area contributed by atoms with Crippen molar-refractivity contribution in [3.8, 4) is 5.75 Å². The maximum absolute atomic E-state index is 11.7. The molecule has 0 aliphatic rings. The third kappa shape index (κ3) is 4.27. The molecule has 2 atom stereocenters. The Balaban J connectivity index is 2.57. The van der Waals surface area contributed by atoms with Gasteiger partial charge in [0.2, 0.25) is 0 Å². The Kier molecular flexibility index (Phi) is 5.29. The summed E-state index contributed by atoms with van der Waals surface area (Å²) in [5.74, 6) is 0.403. The van der Waals surface area contributed by atoms with Crippen LogP contribution in [0.2, 0.25) is 5.02 Å². The Morgan fingerprint density at radius 2 is 2.06 bits per heavy atom. The van der Waals surface area contributed by atoms with Gasteiger partial charge < -0.3 is 10.1 Å². The lowest BCUT2D eigenvalue weighted by Gasteiger charge is -2.18. The Morgan fingerprint density at radius 3 is 2.65 bits per heavy atom. The molecule has 0 bridgehead atoms. The van der Waals surface area contributed by atoms with Gasteiger partial charge in [-0.3, -0.25) is 4.79 Å². The van der Waals surface area contributed by atoms with Crippen LogP contribution in [0, 0.1) is 0 Å². The van der Waals surface area contributed by atoms with E-state index in [2.05, 4.69) is 5.32 Å². The molecule has 3 nitrogen and oxygen atoms in total. The number of amides is 1. The van der Waals surface area contributed by atoms with Crippen LogP contribution in [-0.4, -0.2) is 18.1 Å². The van der Waals surface area contributed by atoms with Crippen LogP contribution in [-0.2, 0) is 4.79 Å². The van der Waals surface area contributed by atoms with Gasteiger partial charge in [0.15, 0.2) is 6.10 Å². The average molecular weight is 256 g/mol. The molecule has 0 fully saturated rings. The van der Waals surface area contributed by atoms with Crippen molar-refractivity contribution in [1.82, 2.24) is 5.32 Å². The zero-order valence-corrected chi connectivity index (χ0v) is 11.1.